The first-order chi connectivity index (χ1) is 13.3. The molecule has 0 unspecified atom stereocenters. The molecule has 28 heavy (non-hydrogen) atoms. The van der Waals surface area contributed by atoms with Crippen LogP contribution in [0.2, 0.25) is 0 Å². The molecule has 1 aliphatic heterocycles. The van der Waals surface area contributed by atoms with Gasteiger partial charge in [-0.15, -0.1) is 0 Å². The molecular formula is C22H24N2O4. The zero-order valence-corrected chi connectivity index (χ0v) is 16.7. The van der Waals surface area contributed by atoms with E-state index in [1.165, 1.54) is 18.1 Å². The van der Waals surface area contributed by atoms with Crippen LogP contribution in [0.3, 0.4) is 0 Å². The lowest BCUT2D eigenvalue weighted by Gasteiger charge is -2.25. The summed E-state index contributed by atoms with van der Waals surface area (Å²) in [7, 11) is 1.31. The number of hydrogen-bond donors (Lipinski definition) is 1. The van der Waals surface area contributed by atoms with Crippen molar-refractivity contribution in [2.45, 2.75) is 39.5 Å². The predicted molar refractivity (Wildman–Crippen MR) is 107 cm³/mol. The molecule has 2 aromatic rings. The third kappa shape index (κ3) is 3.10. The second-order valence-corrected chi connectivity index (χ2v) is 7.40. The van der Waals surface area contributed by atoms with Crippen LogP contribution in [0.5, 0.6) is 0 Å². The van der Waals surface area contributed by atoms with Gasteiger partial charge in [-0.1, -0.05) is 52.0 Å². The quantitative estimate of drug-likeness (QED) is 0.628. The van der Waals surface area contributed by atoms with Crippen LogP contribution in [-0.4, -0.2) is 24.8 Å². The molecule has 1 heterocycles. The van der Waals surface area contributed by atoms with Crippen LogP contribution in [0, 0.1) is 0 Å². The molecule has 1 N–H and O–H groups in total. The van der Waals surface area contributed by atoms with E-state index in [2.05, 4.69) is 10.3 Å². The molecule has 0 radical (unpaired) electrons. The lowest BCUT2D eigenvalue weighted by molar-refractivity contribution is 0.0535. The van der Waals surface area contributed by atoms with Crippen molar-refractivity contribution in [3.8, 4) is 0 Å². The van der Waals surface area contributed by atoms with E-state index >= 15 is 0 Å². The topological polar surface area (TPSA) is 75.7 Å². The molecule has 3 rings (SSSR count). The van der Waals surface area contributed by atoms with Gasteiger partial charge in [0.25, 0.3) is 17.7 Å². The van der Waals surface area contributed by atoms with Gasteiger partial charge in [-0.25, -0.2) is 10.4 Å². The SMILES string of the molecule is CONC(=O)c1cccc2c1C(=O)N(c1c(C(C)C)cccc1C(C)C)C2=O. The van der Waals surface area contributed by atoms with Crippen molar-refractivity contribution in [2.75, 3.05) is 12.0 Å². The molecule has 0 saturated carbocycles. The van der Waals surface area contributed by atoms with Gasteiger partial charge in [0.2, 0.25) is 0 Å². The average molecular weight is 380 g/mol. The Kier molecular flexibility index (Phi) is 5.34. The fourth-order valence-electron chi connectivity index (χ4n) is 3.60. The summed E-state index contributed by atoms with van der Waals surface area (Å²) < 4.78 is 0. The summed E-state index contributed by atoms with van der Waals surface area (Å²) in [5, 5.41) is 0. The molecule has 0 spiro atoms. The van der Waals surface area contributed by atoms with Crippen molar-refractivity contribution in [2.24, 2.45) is 0 Å². The smallest absolute Gasteiger partial charge is 0.275 e. The monoisotopic (exact) mass is 380 g/mol. The highest BCUT2D eigenvalue weighted by molar-refractivity contribution is 6.36. The van der Waals surface area contributed by atoms with Crippen LogP contribution in [0.1, 0.15) is 81.7 Å². The Morgan fingerprint density at radius 2 is 1.50 bits per heavy atom. The van der Waals surface area contributed by atoms with Gasteiger partial charge in [-0.05, 0) is 35.1 Å². The number of benzene rings is 2. The van der Waals surface area contributed by atoms with Gasteiger partial charge in [0.05, 0.1) is 29.5 Å². The highest BCUT2D eigenvalue weighted by atomic mass is 16.6. The van der Waals surface area contributed by atoms with Gasteiger partial charge >= 0.3 is 0 Å². The molecule has 6 heteroatoms. The largest absolute Gasteiger partial charge is 0.277 e. The summed E-state index contributed by atoms with van der Waals surface area (Å²) in [6, 6.07) is 10.5. The minimum atomic E-state index is -0.566. The van der Waals surface area contributed by atoms with E-state index < -0.39 is 17.7 Å². The Balaban J connectivity index is 2.22. The summed E-state index contributed by atoms with van der Waals surface area (Å²) in [6.07, 6.45) is 0. The van der Waals surface area contributed by atoms with E-state index in [4.69, 9.17) is 0 Å². The van der Waals surface area contributed by atoms with Crippen LogP contribution in [0.4, 0.5) is 5.69 Å². The normalized spacial score (nSPS) is 13.5. The first kappa shape index (κ1) is 19.8. The van der Waals surface area contributed by atoms with Gasteiger partial charge in [0.1, 0.15) is 0 Å². The molecule has 1 aliphatic rings. The fourth-order valence-corrected chi connectivity index (χ4v) is 3.60. The summed E-state index contributed by atoms with van der Waals surface area (Å²) >= 11 is 0. The number of para-hydroxylation sites is 1. The molecule has 6 nitrogen and oxygen atoms in total. The maximum Gasteiger partial charge on any atom is 0.275 e. The predicted octanol–water partition coefficient (Wildman–Crippen LogP) is 4.03. The van der Waals surface area contributed by atoms with Crippen LogP contribution in [-0.2, 0) is 4.84 Å². The molecule has 0 bridgehead atoms. The second-order valence-electron chi connectivity index (χ2n) is 7.40. The summed E-state index contributed by atoms with van der Waals surface area (Å²) in [6.45, 7) is 8.11. The fraction of sp³-hybridized carbons (Fsp3) is 0.318. The molecule has 0 saturated heterocycles. The zero-order valence-electron chi connectivity index (χ0n) is 16.7. The number of hydrogen-bond acceptors (Lipinski definition) is 4. The molecule has 3 amide bonds. The highest BCUT2D eigenvalue weighted by Crippen LogP contribution is 2.40. The maximum atomic E-state index is 13.4. The summed E-state index contributed by atoms with van der Waals surface area (Å²) in [4.78, 5) is 44.8. The van der Waals surface area contributed by atoms with Gasteiger partial charge in [-0.3, -0.25) is 19.2 Å². The van der Waals surface area contributed by atoms with Crippen molar-refractivity contribution in [1.29, 1.82) is 0 Å². The number of imide groups is 1. The summed E-state index contributed by atoms with van der Waals surface area (Å²) in [5.74, 6) is -1.23. The lowest BCUT2D eigenvalue weighted by atomic mass is 9.92. The first-order valence-electron chi connectivity index (χ1n) is 9.27. The minimum absolute atomic E-state index is 0.107. The number of carbonyl (C=O) groups is 3. The van der Waals surface area contributed by atoms with E-state index in [0.717, 1.165) is 11.1 Å². The van der Waals surface area contributed by atoms with E-state index in [9.17, 15) is 14.4 Å². The lowest BCUT2D eigenvalue weighted by Crippen LogP contribution is -2.32. The highest BCUT2D eigenvalue weighted by Gasteiger charge is 2.41. The molecule has 0 fully saturated rings. The molecule has 0 aliphatic carbocycles. The van der Waals surface area contributed by atoms with Crippen molar-refractivity contribution in [1.82, 2.24) is 5.48 Å². The number of fused-ring (bicyclic) bond motifs is 1. The summed E-state index contributed by atoms with van der Waals surface area (Å²) in [5.41, 5.74) is 5.13. The Labute approximate surface area is 164 Å². The molecule has 0 atom stereocenters. The number of hydroxylamine groups is 1. The van der Waals surface area contributed by atoms with Crippen LogP contribution in [0.25, 0.3) is 0 Å². The Hall–Kier alpha value is -2.99. The number of carbonyl (C=O) groups excluding carboxylic acids is 3. The number of rotatable bonds is 5. The second kappa shape index (κ2) is 7.56. The molecule has 146 valence electrons. The Morgan fingerprint density at radius 3 is 2.04 bits per heavy atom. The van der Waals surface area contributed by atoms with Crippen molar-refractivity contribution in [3.63, 3.8) is 0 Å². The third-order valence-corrected chi connectivity index (χ3v) is 4.92. The van der Waals surface area contributed by atoms with E-state index in [1.807, 2.05) is 45.9 Å². The standard InChI is InChI=1S/C22H24N2O4/c1-12(2)14-8-6-9-15(13(3)4)19(14)24-21(26)17-11-7-10-16(18(17)22(24)27)20(25)23-28-5/h6-13H,1-5H3,(H,23,25). The number of nitrogens with one attached hydrogen (secondary N) is 1. The van der Waals surface area contributed by atoms with E-state index in [1.54, 1.807) is 12.1 Å². The van der Waals surface area contributed by atoms with Gasteiger partial charge < -0.3 is 0 Å². The Morgan fingerprint density at radius 1 is 0.929 bits per heavy atom. The molecule has 0 aromatic heterocycles. The van der Waals surface area contributed by atoms with Crippen molar-refractivity contribution in [3.05, 3.63) is 64.2 Å². The van der Waals surface area contributed by atoms with E-state index in [0.29, 0.717) is 5.69 Å². The average Bonchev–Trinajstić information content (AvgIpc) is 2.91. The number of anilines is 1. The Bertz CT molecular complexity index is 937. The van der Waals surface area contributed by atoms with Crippen molar-refractivity contribution >= 4 is 23.4 Å². The zero-order chi connectivity index (χ0) is 20.6. The third-order valence-electron chi connectivity index (χ3n) is 4.92. The van der Waals surface area contributed by atoms with Crippen molar-refractivity contribution < 1.29 is 19.2 Å². The van der Waals surface area contributed by atoms with Gasteiger partial charge in [0.15, 0.2) is 0 Å². The molecule has 2 aromatic carbocycles. The number of nitrogens with zero attached hydrogens (tertiary/aromatic N) is 1. The van der Waals surface area contributed by atoms with Crippen LogP contribution < -0.4 is 10.4 Å². The van der Waals surface area contributed by atoms with Gasteiger partial charge in [0, 0.05) is 0 Å². The van der Waals surface area contributed by atoms with Crippen LogP contribution >= 0.6 is 0 Å². The minimum Gasteiger partial charge on any atom is -0.277 e. The maximum absolute atomic E-state index is 13.4. The number of amides is 3. The first-order valence-corrected chi connectivity index (χ1v) is 9.27. The molecular weight excluding hydrogens is 356 g/mol. The van der Waals surface area contributed by atoms with Gasteiger partial charge in [-0.2, -0.15) is 0 Å². The van der Waals surface area contributed by atoms with E-state index in [-0.39, 0.29) is 28.5 Å². The van der Waals surface area contributed by atoms with Crippen LogP contribution in [0.15, 0.2) is 36.4 Å².